The second kappa shape index (κ2) is 9.09. The van der Waals surface area contributed by atoms with Gasteiger partial charge in [-0.05, 0) is 28.5 Å². The predicted molar refractivity (Wildman–Crippen MR) is 146 cm³/mol. The number of aliphatic imine (C=N–C) groups is 1. The maximum absolute atomic E-state index is 6.43. The number of aromatic nitrogens is 1. The van der Waals surface area contributed by atoms with Crippen LogP contribution in [-0.2, 0) is 6.67 Å². The molecule has 0 fully saturated rings. The first-order chi connectivity index (χ1) is 17.3. The molecule has 0 saturated carbocycles. The molecule has 5 aromatic carbocycles. The van der Waals surface area contributed by atoms with E-state index in [1.54, 1.807) is 0 Å². The summed E-state index contributed by atoms with van der Waals surface area (Å²) in [5.41, 5.74) is 10.8. The topological polar surface area (TPSA) is 55.3 Å². The first-order valence-electron chi connectivity index (χ1n) is 11.9. The van der Waals surface area contributed by atoms with Gasteiger partial charge in [0.25, 0.3) is 0 Å². The Bertz CT molecular complexity index is 1650. The van der Waals surface area contributed by atoms with E-state index < -0.39 is 0 Å². The molecule has 4 heteroatoms. The number of nitrogens with zero attached hydrogens (tertiary/aromatic N) is 2. The van der Waals surface area contributed by atoms with Crippen LogP contribution in [0, 0.1) is 0 Å². The molecule has 0 aliphatic carbocycles. The zero-order chi connectivity index (χ0) is 23.6. The summed E-state index contributed by atoms with van der Waals surface area (Å²) < 4.78 is 2.33. The smallest absolute Gasteiger partial charge is 0.129 e. The highest BCUT2D eigenvalue weighted by Gasteiger charge is 2.15. The number of rotatable bonds is 6. The molecule has 1 heterocycles. The summed E-state index contributed by atoms with van der Waals surface area (Å²) in [4.78, 5) is 4.90. The summed E-state index contributed by atoms with van der Waals surface area (Å²) in [6.45, 7) is 0.591. The van der Waals surface area contributed by atoms with Crippen molar-refractivity contribution in [1.29, 1.82) is 0 Å². The van der Waals surface area contributed by atoms with Gasteiger partial charge in [0.2, 0.25) is 0 Å². The molecular formula is C31H26N4. The van der Waals surface area contributed by atoms with Gasteiger partial charge < -0.3 is 10.3 Å². The summed E-state index contributed by atoms with van der Waals surface area (Å²) in [6, 6.07) is 41.8. The fraction of sp³-hybridized carbons (Fsp3) is 0.0645. The van der Waals surface area contributed by atoms with E-state index in [2.05, 4.69) is 82.7 Å². The minimum Gasteiger partial charge on any atom is -0.383 e. The van der Waals surface area contributed by atoms with Crippen LogP contribution < -0.4 is 11.1 Å². The first-order valence-corrected chi connectivity index (χ1v) is 11.9. The minimum atomic E-state index is -0.284. The normalized spacial score (nSPS) is 13.0. The third kappa shape index (κ3) is 3.94. The number of amidine groups is 1. The van der Waals surface area contributed by atoms with Crippen molar-refractivity contribution in [3.8, 4) is 0 Å². The molecule has 0 radical (unpaired) electrons. The fourth-order valence-corrected chi connectivity index (χ4v) is 4.86. The number of hydrogen-bond donors (Lipinski definition) is 2. The van der Waals surface area contributed by atoms with Gasteiger partial charge in [0.15, 0.2) is 0 Å². The van der Waals surface area contributed by atoms with Crippen molar-refractivity contribution in [1.82, 2.24) is 9.88 Å². The number of hydrogen-bond acceptors (Lipinski definition) is 2. The molecule has 6 rings (SSSR count). The number of para-hydroxylation sites is 1. The molecule has 0 aliphatic heterocycles. The quantitative estimate of drug-likeness (QED) is 0.220. The van der Waals surface area contributed by atoms with Crippen LogP contribution in [-0.4, -0.2) is 10.4 Å². The summed E-state index contributed by atoms with van der Waals surface area (Å²) in [6.07, 6.45) is -0.284. The van der Waals surface area contributed by atoms with E-state index in [9.17, 15) is 0 Å². The lowest BCUT2D eigenvalue weighted by Crippen LogP contribution is -2.26. The van der Waals surface area contributed by atoms with Crippen LogP contribution in [0.4, 0.5) is 0 Å². The van der Waals surface area contributed by atoms with Crippen molar-refractivity contribution >= 4 is 38.4 Å². The van der Waals surface area contributed by atoms with E-state index in [0.29, 0.717) is 12.5 Å². The molecule has 6 aromatic rings. The van der Waals surface area contributed by atoms with Crippen LogP contribution in [0.5, 0.6) is 0 Å². The lowest BCUT2D eigenvalue weighted by atomic mass is 10.0. The summed E-state index contributed by atoms with van der Waals surface area (Å²) in [5, 5.41) is 8.72. The SMILES string of the molecule is N/C(=N\C(NCn1c2ccccc2c2c3ccccc3ccc21)c1ccccc1)c1ccccc1. The molecule has 4 nitrogen and oxygen atoms in total. The highest BCUT2D eigenvalue weighted by molar-refractivity contribution is 6.20. The van der Waals surface area contributed by atoms with E-state index in [-0.39, 0.29) is 6.17 Å². The summed E-state index contributed by atoms with van der Waals surface area (Å²) in [5.74, 6) is 0.514. The molecule has 0 saturated heterocycles. The van der Waals surface area contributed by atoms with Crippen LogP contribution in [0.15, 0.2) is 126 Å². The summed E-state index contributed by atoms with van der Waals surface area (Å²) in [7, 11) is 0. The van der Waals surface area contributed by atoms with Crippen molar-refractivity contribution in [2.75, 3.05) is 0 Å². The molecule has 1 aromatic heterocycles. The molecule has 0 aliphatic rings. The molecule has 0 bridgehead atoms. The maximum Gasteiger partial charge on any atom is 0.129 e. The van der Waals surface area contributed by atoms with Crippen LogP contribution >= 0.6 is 0 Å². The van der Waals surface area contributed by atoms with Crippen LogP contribution in [0.25, 0.3) is 32.6 Å². The summed E-state index contributed by atoms with van der Waals surface area (Å²) >= 11 is 0. The highest BCUT2D eigenvalue weighted by Crippen LogP contribution is 2.34. The lowest BCUT2D eigenvalue weighted by molar-refractivity contribution is 0.491. The van der Waals surface area contributed by atoms with Crippen LogP contribution in [0.1, 0.15) is 17.3 Å². The molecule has 0 amide bonds. The highest BCUT2D eigenvalue weighted by atomic mass is 15.2. The van der Waals surface area contributed by atoms with Gasteiger partial charge in [-0.2, -0.15) is 0 Å². The molecule has 35 heavy (non-hydrogen) atoms. The Morgan fingerprint density at radius 2 is 1.34 bits per heavy atom. The average molecular weight is 455 g/mol. The Labute approximate surface area is 204 Å². The lowest BCUT2D eigenvalue weighted by Gasteiger charge is -2.18. The molecule has 170 valence electrons. The molecular weight excluding hydrogens is 428 g/mol. The van der Waals surface area contributed by atoms with Gasteiger partial charge in [0, 0.05) is 16.3 Å². The van der Waals surface area contributed by atoms with Gasteiger partial charge in [-0.3, -0.25) is 5.32 Å². The number of benzene rings is 5. The van der Waals surface area contributed by atoms with Crippen molar-refractivity contribution in [3.05, 3.63) is 132 Å². The molecule has 0 spiro atoms. The van der Waals surface area contributed by atoms with Crippen molar-refractivity contribution in [2.45, 2.75) is 12.8 Å². The number of nitrogens with two attached hydrogens (primary N) is 1. The minimum absolute atomic E-state index is 0.284. The Morgan fingerprint density at radius 1 is 0.686 bits per heavy atom. The van der Waals surface area contributed by atoms with Crippen molar-refractivity contribution in [3.63, 3.8) is 0 Å². The van der Waals surface area contributed by atoms with Gasteiger partial charge in [-0.25, -0.2) is 4.99 Å². The van der Waals surface area contributed by atoms with E-state index in [1.807, 2.05) is 48.5 Å². The second-order valence-corrected chi connectivity index (χ2v) is 8.68. The predicted octanol–water partition coefficient (Wildman–Crippen LogP) is 6.60. The van der Waals surface area contributed by atoms with E-state index in [4.69, 9.17) is 10.7 Å². The van der Waals surface area contributed by atoms with Gasteiger partial charge in [0.05, 0.1) is 17.7 Å². The van der Waals surface area contributed by atoms with Gasteiger partial charge in [0.1, 0.15) is 12.0 Å². The number of nitrogens with one attached hydrogen (secondary N) is 1. The van der Waals surface area contributed by atoms with Crippen LogP contribution in [0.3, 0.4) is 0 Å². The maximum atomic E-state index is 6.43. The third-order valence-corrected chi connectivity index (χ3v) is 6.56. The average Bonchev–Trinajstić information content (AvgIpc) is 3.26. The van der Waals surface area contributed by atoms with Gasteiger partial charge >= 0.3 is 0 Å². The zero-order valence-corrected chi connectivity index (χ0v) is 19.3. The molecule has 1 atom stereocenters. The van der Waals surface area contributed by atoms with Crippen LogP contribution in [0.2, 0.25) is 0 Å². The zero-order valence-electron chi connectivity index (χ0n) is 19.3. The van der Waals surface area contributed by atoms with Gasteiger partial charge in [-0.15, -0.1) is 0 Å². The standard InChI is InChI=1S/C31H26N4/c32-30(23-12-3-1-4-13-23)34-31(24-14-5-2-6-15-24)33-21-35-27-18-10-9-17-26(27)29-25-16-8-7-11-22(25)19-20-28(29)35/h1-20,31,33H,21H2,(H2,32,34). The first kappa shape index (κ1) is 21.1. The largest absolute Gasteiger partial charge is 0.383 e. The van der Waals surface area contributed by atoms with Crippen molar-refractivity contribution in [2.24, 2.45) is 10.7 Å². The Morgan fingerprint density at radius 3 is 2.14 bits per heavy atom. The number of fused-ring (bicyclic) bond motifs is 5. The van der Waals surface area contributed by atoms with Crippen molar-refractivity contribution < 1.29 is 0 Å². The van der Waals surface area contributed by atoms with E-state index in [0.717, 1.165) is 11.1 Å². The van der Waals surface area contributed by atoms with E-state index >= 15 is 0 Å². The molecule has 1 unspecified atom stereocenters. The third-order valence-electron chi connectivity index (χ3n) is 6.56. The Hall–Kier alpha value is -4.41. The Kier molecular flexibility index (Phi) is 5.49. The monoisotopic (exact) mass is 454 g/mol. The second-order valence-electron chi connectivity index (χ2n) is 8.68. The Balaban J connectivity index is 1.44. The van der Waals surface area contributed by atoms with Gasteiger partial charge in [-0.1, -0.05) is 109 Å². The molecule has 3 N–H and O–H groups in total. The van der Waals surface area contributed by atoms with E-state index in [1.165, 1.54) is 32.6 Å². The fourth-order valence-electron chi connectivity index (χ4n) is 4.86.